The second kappa shape index (κ2) is 11.0. The summed E-state index contributed by atoms with van der Waals surface area (Å²) in [4.78, 5) is 10.0. The highest BCUT2D eigenvalue weighted by Crippen LogP contribution is 2.49. The van der Waals surface area contributed by atoms with E-state index in [-0.39, 0.29) is 5.41 Å². The third-order valence-corrected chi connectivity index (χ3v) is 12.1. The van der Waals surface area contributed by atoms with Gasteiger partial charge in [0.2, 0.25) is 0 Å². The van der Waals surface area contributed by atoms with Crippen LogP contribution in [-0.4, -0.2) is 18.9 Å². The molecule has 4 heteroatoms. The zero-order valence-corrected chi connectivity index (χ0v) is 30.5. The normalized spacial score (nSPS) is 13.4. The minimum absolute atomic E-state index is 0.0763. The summed E-state index contributed by atoms with van der Waals surface area (Å²) in [5.41, 5.74) is 15.3. The van der Waals surface area contributed by atoms with Gasteiger partial charge in [0.25, 0.3) is 0 Å². The zero-order chi connectivity index (χ0) is 36.4. The lowest BCUT2D eigenvalue weighted by Crippen LogP contribution is -2.14. The van der Waals surface area contributed by atoms with Crippen molar-refractivity contribution in [3.8, 4) is 39.5 Å². The summed E-state index contributed by atoms with van der Waals surface area (Å²) in [7, 11) is 0. The summed E-state index contributed by atoms with van der Waals surface area (Å²) in [5.74, 6) is 0.709. The molecular weight excluding hydrogens is 669 g/mol. The molecule has 1 aliphatic rings. The molecule has 1 aliphatic carbocycles. The van der Waals surface area contributed by atoms with Crippen LogP contribution in [0.2, 0.25) is 0 Å². The van der Waals surface area contributed by atoms with E-state index in [2.05, 4.69) is 181 Å². The highest BCUT2D eigenvalue weighted by molar-refractivity contribution is 6.21. The van der Waals surface area contributed by atoms with Gasteiger partial charge in [-0.05, 0) is 82.2 Å². The molecule has 4 aromatic heterocycles. The first-order valence-corrected chi connectivity index (χ1v) is 19.0. The molecule has 0 bridgehead atoms. The van der Waals surface area contributed by atoms with Gasteiger partial charge in [0.05, 0.1) is 33.3 Å². The van der Waals surface area contributed by atoms with Crippen molar-refractivity contribution in [3.05, 3.63) is 181 Å². The van der Waals surface area contributed by atoms with Crippen molar-refractivity contribution in [2.75, 3.05) is 0 Å². The molecule has 0 atom stereocenters. The predicted octanol–water partition coefficient (Wildman–Crippen LogP) is 12.9. The van der Waals surface area contributed by atoms with Crippen LogP contribution in [0.4, 0.5) is 0 Å². The Bertz CT molecular complexity index is 3420. The summed E-state index contributed by atoms with van der Waals surface area (Å²) >= 11 is 0. The SMILES string of the molecule is CC1(C)c2ccccc2-c2ccc(-c3ccnc(-c4cccc(-n5c6ccccc6c6cc7c8ccccc8c8cc9ccccc9n8c7cc65)c4)n3)cc21. The predicted molar refractivity (Wildman–Crippen MR) is 228 cm³/mol. The van der Waals surface area contributed by atoms with Crippen molar-refractivity contribution < 1.29 is 0 Å². The Morgan fingerprint density at radius 1 is 0.455 bits per heavy atom. The first-order chi connectivity index (χ1) is 27.0. The second-order valence-corrected chi connectivity index (χ2v) is 15.5. The maximum Gasteiger partial charge on any atom is 0.159 e. The lowest BCUT2D eigenvalue weighted by Gasteiger charge is -2.21. The molecule has 4 heterocycles. The maximum absolute atomic E-state index is 5.19. The zero-order valence-electron chi connectivity index (χ0n) is 30.5. The van der Waals surface area contributed by atoms with Gasteiger partial charge in [0.1, 0.15) is 0 Å². The van der Waals surface area contributed by atoms with Crippen molar-refractivity contribution in [3.63, 3.8) is 0 Å². The first-order valence-electron chi connectivity index (χ1n) is 19.0. The number of rotatable bonds is 3. The molecule has 0 radical (unpaired) electrons. The molecule has 0 spiro atoms. The van der Waals surface area contributed by atoms with Crippen molar-refractivity contribution >= 4 is 59.9 Å². The first kappa shape index (κ1) is 30.4. The van der Waals surface area contributed by atoms with Crippen LogP contribution in [0.3, 0.4) is 0 Å². The van der Waals surface area contributed by atoms with Gasteiger partial charge >= 0.3 is 0 Å². The highest BCUT2D eigenvalue weighted by Gasteiger charge is 2.35. The van der Waals surface area contributed by atoms with Gasteiger partial charge in [-0.15, -0.1) is 0 Å². The molecule has 258 valence electrons. The molecule has 0 aliphatic heterocycles. The van der Waals surface area contributed by atoms with E-state index in [0.29, 0.717) is 5.82 Å². The van der Waals surface area contributed by atoms with E-state index in [1.807, 2.05) is 12.3 Å². The Balaban J connectivity index is 1.04. The Morgan fingerprint density at radius 3 is 2.05 bits per heavy atom. The van der Waals surface area contributed by atoms with Crippen LogP contribution in [0.15, 0.2) is 170 Å². The fraction of sp³-hybridized carbons (Fsp3) is 0.0588. The van der Waals surface area contributed by atoms with E-state index in [0.717, 1.165) is 28.0 Å². The van der Waals surface area contributed by atoms with Crippen molar-refractivity contribution in [1.29, 1.82) is 0 Å². The van der Waals surface area contributed by atoms with E-state index in [4.69, 9.17) is 9.97 Å². The number of hydrogen-bond donors (Lipinski definition) is 0. The number of aromatic nitrogens is 4. The smallest absolute Gasteiger partial charge is 0.159 e. The minimum atomic E-state index is -0.0763. The van der Waals surface area contributed by atoms with Crippen molar-refractivity contribution in [1.82, 2.24) is 18.9 Å². The molecule has 0 fully saturated rings. The van der Waals surface area contributed by atoms with E-state index in [1.165, 1.54) is 76.6 Å². The molecular formula is C51H34N4. The molecule has 0 saturated heterocycles. The fourth-order valence-corrected chi connectivity index (χ4v) is 9.54. The summed E-state index contributed by atoms with van der Waals surface area (Å²) in [6.45, 7) is 4.64. The van der Waals surface area contributed by atoms with Gasteiger partial charge in [0, 0.05) is 55.4 Å². The van der Waals surface area contributed by atoms with Crippen molar-refractivity contribution in [2.45, 2.75) is 19.3 Å². The van der Waals surface area contributed by atoms with E-state index in [9.17, 15) is 0 Å². The molecule has 0 saturated carbocycles. The van der Waals surface area contributed by atoms with Crippen LogP contribution < -0.4 is 0 Å². The van der Waals surface area contributed by atoms with Gasteiger partial charge in [-0.25, -0.2) is 9.97 Å². The number of hydrogen-bond acceptors (Lipinski definition) is 2. The van der Waals surface area contributed by atoms with Crippen LogP contribution in [0, 0.1) is 0 Å². The van der Waals surface area contributed by atoms with Gasteiger partial charge in [-0.2, -0.15) is 0 Å². The Labute approximate surface area is 317 Å². The van der Waals surface area contributed by atoms with Crippen LogP contribution in [0.25, 0.3) is 99.4 Å². The van der Waals surface area contributed by atoms with E-state index >= 15 is 0 Å². The summed E-state index contributed by atoms with van der Waals surface area (Å²) in [6.07, 6.45) is 1.89. The number of pyridine rings is 1. The summed E-state index contributed by atoms with van der Waals surface area (Å²) in [6, 6.07) is 59.7. The number of para-hydroxylation sites is 2. The summed E-state index contributed by atoms with van der Waals surface area (Å²) < 4.78 is 4.85. The third kappa shape index (κ3) is 4.22. The third-order valence-electron chi connectivity index (χ3n) is 12.1. The van der Waals surface area contributed by atoms with Gasteiger partial charge < -0.3 is 8.97 Å². The number of nitrogens with zero attached hydrogens (tertiary/aromatic N) is 4. The number of fused-ring (bicyclic) bond motifs is 14. The molecule has 0 N–H and O–H groups in total. The van der Waals surface area contributed by atoms with Crippen LogP contribution in [0.5, 0.6) is 0 Å². The van der Waals surface area contributed by atoms with Crippen LogP contribution >= 0.6 is 0 Å². The average Bonchev–Trinajstić information content (AvgIpc) is 3.86. The molecule has 12 rings (SSSR count). The molecule has 55 heavy (non-hydrogen) atoms. The Kier molecular flexibility index (Phi) is 6.09. The Hall–Kier alpha value is -7.04. The molecule has 0 amide bonds. The Morgan fingerprint density at radius 2 is 1.16 bits per heavy atom. The minimum Gasteiger partial charge on any atom is -0.309 e. The largest absolute Gasteiger partial charge is 0.309 e. The molecule has 0 unspecified atom stereocenters. The maximum atomic E-state index is 5.19. The van der Waals surface area contributed by atoms with Crippen LogP contribution in [-0.2, 0) is 5.41 Å². The number of benzene rings is 7. The standard InChI is InChI=1S/C51H34N4/c1-51(2)42-19-8-6-16-36(42)37-23-22-31(27-43(37)51)44-24-25-52-50(53-44)33-13-11-14-34(26-33)54-46-21-10-7-18-39(46)41-29-40-35-15-4-5-17-38(35)47-28-32-12-3-9-20-45(32)55(47)49(40)30-48(41)54/h3-30H,1-2H3. The second-order valence-electron chi connectivity index (χ2n) is 15.5. The average molecular weight is 703 g/mol. The van der Waals surface area contributed by atoms with E-state index < -0.39 is 0 Å². The molecule has 7 aromatic carbocycles. The lowest BCUT2D eigenvalue weighted by molar-refractivity contribution is 0.660. The van der Waals surface area contributed by atoms with Gasteiger partial charge in [-0.1, -0.05) is 123 Å². The van der Waals surface area contributed by atoms with Crippen LogP contribution in [0.1, 0.15) is 25.0 Å². The summed E-state index contributed by atoms with van der Waals surface area (Å²) in [5, 5.41) is 7.47. The van der Waals surface area contributed by atoms with Crippen molar-refractivity contribution in [2.24, 2.45) is 0 Å². The van der Waals surface area contributed by atoms with Gasteiger partial charge in [-0.3, -0.25) is 0 Å². The quantitative estimate of drug-likeness (QED) is 0.172. The molecule has 11 aromatic rings. The van der Waals surface area contributed by atoms with E-state index in [1.54, 1.807) is 0 Å². The monoisotopic (exact) mass is 702 g/mol. The molecule has 4 nitrogen and oxygen atoms in total. The fourth-order valence-electron chi connectivity index (χ4n) is 9.54. The topological polar surface area (TPSA) is 35.1 Å². The lowest BCUT2D eigenvalue weighted by atomic mass is 9.82. The highest BCUT2D eigenvalue weighted by atomic mass is 15.0. The van der Waals surface area contributed by atoms with Gasteiger partial charge in [0.15, 0.2) is 5.82 Å².